The molecule has 2 aromatic rings. The van der Waals surface area contributed by atoms with E-state index >= 15 is 0 Å². The number of nitrogens with one attached hydrogen (secondary N) is 1. The van der Waals surface area contributed by atoms with Gasteiger partial charge in [-0.3, -0.25) is 4.79 Å². The summed E-state index contributed by atoms with van der Waals surface area (Å²) in [5.41, 5.74) is 12.0. The Morgan fingerprint density at radius 1 is 1.04 bits per heavy atom. The van der Waals surface area contributed by atoms with Gasteiger partial charge in [0.1, 0.15) is 6.54 Å². The van der Waals surface area contributed by atoms with Crippen LogP contribution in [0.1, 0.15) is 29.5 Å². The van der Waals surface area contributed by atoms with Gasteiger partial charge in [-0.1, -0.05) is 24.3 Å². The SMILES string of the molecule is NC(=NCC(=O)N1CCCc2ccccc21)Nc1ccc2c(c1)CCC2. The minimum absolute atomic E-state index is 0.0177. The summed E-state index contributed by atoms with van der Waals surface area (Å²) in [6, 6.07) is 14.4. The van der Waals surface area contributed by atoms with E-state index in [4.69, 9.17) is 5.73 Å². The number of benzene rings is 2. The smallest absolute Gasteiger partial charge is 0.248 e. The molecule has 0 radical (unpaired) electrons. The topological polar surface area (TPSA) is 70.7 Å². The van der Waals surface area contributed by atoms with E-state index in [0.717, 1.165) is 43.6 Å². The first-order valence-corrected chi connectivity index (χ1v) is 9.28. The second-order valence-electron chi connectivity index (χ2n) is 6.94. The zero-order valence-electron chi connectivity index (χ0n) is 14.9. The van der Waals surface area contributed by atoms with Gasteiger partial charge in [-0.2, -0.15) is 0 Å². The van der Waals surface area contributed by atoms with Gasteiger partial charge in [0.05, 0.1) is 0 Å². The number of aliphatic imine (C=N–C) groups is 1. The Balaban J connectivity index is 1.41. The number of aryl methyl sites for hydroxylation is 3. The van der Waals surface area contributed by atoms with Crippen molar-refractivity contribution in [2.75, 3.05) is 23.3 Å². The maximum Gasteiger partial charge on any atom is 0.248 e. The quantitative estimate of drug-likeness (QED) is 0.662. The zero-order chi connectivity index (χ0) is 17.9. The van der Waals surface area contributed by atoms with Crippen LogP contribution in [0, 0.1) is 0 Å². The Kier molecular flexibility index (Phi) is 4.61. The van der Waals surface area contributed by atoms with Gasteiger partial charge in [-0.05, 0) is 67.0 Å². The Labute approximate surface area is 153 Å². The number of rotatable bonds is 3. The van der Waals surface area contributed by atoms with E-state index in [0.29, 0.717) is 0 Å². The van der Waals surface area contributed by atoms with Crippen LogP contribution in [-0.2, 0) is 24.1 Å². The first-order chi connectivity index (χ1) is 12.7. The lowest BCUT2D eigenvalue weighted by atomic mass is 10.0. The highest BCUT2D eigenvalue weighted by Crippen LogP contribution is 2.27. The van der Waals surface area contributed by atoms with Crippen LogP contribution < -0.4 is 16.0 Å². The van der Waals surface area contributed by atoms with Gasteiger partial charge in [-0.25, -0.2) is 4.99 Å². The molecular weight excluding hydrogens is 324 g/mol. The number of nitrogens with zero attached hydrogens (tertiary/aromatic N) is 2. The minimum atomic E-state index is -0.0177. The molecule has 1 amide bonds. The van der Waals surface area contributed by atoms with E-state index < -0.39 is 0 Å². The standard InChI is InChI=1S/C21H24N4O/c22-21(24-18-11-10-15-6-3-7-17(15)13-18)23-14-20(26)25-12-4-8-16-5-1-2-9-19(16)25/h1-2,5,9-11,13H,3-4,6-8,12,14H2,(H3,22,23,24). The van der Waals surface area contributed by atoms with Crippen LogP contribution in [0.15, 0.2) is 47.5 Å². The Morgan fingerprint density at radius 3 is 2.77 bits per heavy atom. The maximum absolute atomic E-state index is 12.6. The summed E-state index contributed by atoms with van der Waals surface area (Å²) >= 11 is 0. The van der Waals surface area contributed by atoms with Gasteiger partial charge < -0.3 is 16.0 Å². The van der Waals surface area contributed by atoms with Crippen LogP contribution in [0.4, 0.5) is 11.4 Å². The fourth-order valence-electron chi connectivity index (χ4n) is 3.87. The minimum Gasteiger partial charge on any atom is -0.370 e. The van der Waals surface area contributed by atoms with Crippen LogP contribution >= 0.6 is 0 Å². The number of amides is 1. The Morgan fingerprint density at radius 2 is 1.85 bits per heavy atom. The van der Waals surface area contributed by atoms with Crippen molar-refractivity contribution >= 4 is 23.2 Å². The summed E-state index contributed by atoms with van der Waals surface area (Å²) in [4.78, 5) is 18.7. The molecule has 0 fully saturated rings. The molecule has 134 valence electrons. The van der Waals surface area contributed by atoms with Crippen molar-refractivity contribution in [3.05, 3.63) is 59.2 Å². The summed E-state index contributed by atoms with van der Waals surface area (Å²) in [6.07, 6.45) is 5.49. The third-order valence-electron chi connectivity index (χ3n) is 5.17. The third kappa shape index (κ3) is 3.43. The molecule has 1 aliphatic carbocycles. The zero-order valence-corrected chi connectivity index (χ0v) is 14.9. The number of nitrogens with two attached hydrogens (primary N) is 1. The van der Waals surface area contributed by atoms with Gasteiger partial charge in [0.2, 0.25) is 5.91 Å². The number of carbonyl (C=O) groups is 1. The first-order valence-electron chi connectivity index (χ1n) is 9.28. The number of hydrogen-bond acceptors (Lipinski definition) is 2. The second kappa shape index (κ2) is 7.20. The lowest BCUT2D eigenvalue weighted by molar-refractivity contribution is -0.117. The summed E-state index contributed by atoms with van der Waals surface area (Å²) < 4.78 is 0. The normalized spacial score (nSPS) is 16.2. The van der Waals surface area contributed by atoms with Crippen molar-refractivity contribution in [2.45, 2.75) is 32.1 Å². The number of fused-ring (bicyclic) bond motifs is 2. The maximum atomic E-state index is 12.6. The Hall–Kier alpha value is -2.82. The van der Waals surface area contributed by atoms with Gasteiger partial charge in [-0.15, -0.1) is 0 Å². The summed E-state index contributed by atoms with van der Waals surface area (Å²) in [7, 11) is 0. The number of hydrogen-bond donors (Lipinski definition) is 2. The average molecular weight is 348 g/mol. The van der Waals surface area contributed by atoms with Gasteiger partial charge in [0.15, 0.2) is 5.96 Å². The molecular formula is C21H24N4O. The summed E-state index contributed by atoms with van der Waals surface area (Å²) in [5, 5.41) is 3.11. The summed E-state index contributed by atoms with van der Waals surface area (Å²) in [6.45, 7) is 0.793. The predicted octanol–water partition coefficient (Wildman–Crippen LogP) is 2.88. The molecule has 26 heavy (non-hydrogen) atoms. The van der Waals surface area contributed by atoms with Gasteiger partial charge in [0, 0.05) is 17.9 Å². The molecule has 2 aliphatic rings. The number of carbonyl (C=O) groups excluding carboxylic acids is 1. The molecule has 2 aromatic carbocycles. The molecule has 0 saturated heterocycles. The molecule has 0 bridgehead atoms. The molecule has 5 nitrogen and oxygen atoms in total. The first kappa shape index (κ1) is 16.6. The molecule has 0 unspecified atom stereocenters. The van der Waals surface area contributed by atoms with E-state index in [2.05, 4.69) is 28.5 Å². The van der Waals surface area contributed by atoms with Crippen molar-refractivity contribution < 1.29 is 4.79 Å². The van der Waals surface area contributed by atoms with Crippen molar-refractivity contribution in [3.8, 4) is 0 Å². The van der Waals surface area contributed by atoms with E-state index in [1.807, 2.05) is 29.2 Å². The molecule has 1 heterocycles. The van der Waals surface area contributed by atoms with Crippen LogP contribution in [-0.4, -0.2) is 25.0 Å². The van der Waals surface area contributed by atoms with Crippen molar-refractivity contribution in [2.24, 2.45) is 10.7 Å². The lowest BCUT2D eigenvalue weighted by Gasteiger charge is -2.29. The molecule has 0 spiro atoms. The lowest BCUT2D eigenvalue weighted by Crippen LogP contribution is -2.37. The van der Waals surface area contributed by atoms with Crippen LogP contribution in [0.25, 0.3) is 0 Å². The fourth-order valence-corrected chi connectivity index (χ4v) is 3.87. The van der Waals surface area contributed by atoms with Crippen LogP contribution in [0.3, 0.4) is 0 Å². The number of anilines is 2. The number of guanidine groups is 1. The summed E-state index contributed by atoms with van der Waals surface area (Å²) in [5.74, 6) is 0.262. The highest BCUT2D eigenvalue weighted by atomic mass is 16.2. The second-order valence-corrected chi connectivity index (χ2v) is 6.94. The molecule has 0 saturated carbocycles. The van der Waals surface area contributed by atoms with Crippen molar-refractivity contribution in [3.63, 3.8) is 0 Å². The third-order valence-corrected chi connectivity index (χ3v) is 5.17. The predicted molar refractivity (Wildman–Crippen MR) is 106 cm³/mol. The number of para-hydroxylation sites is 1. The van der Waals surface area contributed by atoms with Crippen molar-refractivity contribution in [1.29, 1.82) is 0 Å². The molecule has 0 atom stereocenters. The molecule has 0 aromatic heterocycles. The van der Waals surface area contributed by atoms with E-state index in [1.54, 1.807) is 0 Å². The van der Waals surface area contributed by atoms with E-state index in [1.165, 1.54) is 23.1 Å². The van der Waals surface area contributed by atoms with E-state index in [-0.39, 0.29) is 18.4 Å². The highest BCUT2D eigenvalue weighted by Gasteiger charge is 2.21. The van der Waals surface area contributed by atoms with Crippen LogP contribution in [0.5, 0.6) is 0 Å². The largest absolute Gasteiger partial charge is 0.370 e. The monoisotopic (exact) mass is 348 g/mol. The average Bonchev–Trinajstić information content (AvgIpc) is 3.13. The van der Waals surface area contributed by atoms with Crippen LogP contribution in [0.2, 0.25) is 0 Å². The van der Waals surface area contributed by atoms with E-state index in [9.17, 15) is 4.79 Å². The molecule has 1 aliphatic heterocycles. The molecule has 3 N–H and O–H groups in total. The molecule has 5 heteroatoms. The van der Waals surface area contributed by atoms with Crippen molar-refractivity contribution in [1.82, 2.24) is 0 Å². The highest BCUT2D eigenvalue weighted by molar-refractivity contribution is 5.99. The Bertz CT molecular complexity index is 859. The van der Waals surface area contributed by atoms with Gasteiger partial charge in [0.25, 0.3) is 0 Å². The van der Waals surface area contributed by atoms with Gasteiger partial charge >= 0.3 is 0 Å². The molecule has 4 rings (SSSR count). The fraction of sp³-hybridized carbons (Fsp3) is 0.333.